The molecule has 1 aromatic heterocycles. The third kappa shape index (κ3) is 2.20. The van der Waals surface area contributed by atoms with Gasteiger partial charge in [-0.2, -0.15) is 5.26 Å². The van der Waals surface area contributed by atoms with Gasteiger partial charge in [0.15, 0.2) is 0 Å². The van der Waals surface area contributed by atoms with Gasteiger partial charge in [-0.05, 0) is 30.5 Å². The molecule has 0 atom stereocenters. The molecule has 0 aliphatic heterocycles. The van der Waals surface area contributed by atoms with Crippen molar-refractivity contribution in [3.8, 4) is 6.07 Å². The standard InChI is InChI=1S/C11H11ClN2O2/c12-10-9(4-7-16-10)11(15)14(6-1-5-13)8-2-3-8/h4,7-8H,1-3,6H2. The fraction of sp³-hybridized carbons (Fsp3) is 0.455. The molecule has 0 saturated heterocycles. The number of carbonyl (C=O) groups is 1. The van der Waals surface area contributed by atoms with E-state index in [1.165, 1.54) is 6.26 Å². The molecule has 0 radical (unpaired) electrons. The molecule has 0 spiro atoms. The molecule has 84 valence electrons. The third-order valence-corrected chi connectivity index (χ3v) is 2.85. The van der Waals surface area contributed by atoms with Crippen LogP contribution in [0.5, 0.6) is 0 Å². The average Bonchev–Trinajstić information content (AvgIpc) is 3.01. The van der Waals surface area contributed by atoms with Gasteiger partial charge in [0.1, 0.15) is 0 Å². The summed E-state index contributed by atoms with van der Waals surface area (Å²) >= 11 is 5.76. The first-order valence-corrected chi connectivity index (χ1v) is 5.52. The molecule has 0 N–H and O–H groups in total. The van der Waals surface area contributed by atoms with E-state index < -0.39 is 0 Å². The number of nitrogens with zero attached hydrogens (tertiary/aromatic N) is 2. The van der Waals surface area contributed by atoms with Crippen LogP contribution < -0.4 is 0 Å². The number of halogens is 1. The fourth-order valence-electron chi connectivity index (χ4n) is 1.61. The molecule has 5 heteroatoms. The van der Waals surface area contributed by atoms with Gasteiger partial charge in [0, 0.05) is 12.6 Å². The van der Waals surface area contributed by atoms with Crippen LogP contribution in [-0.4, -0.2) is 23.4 Å². The summed E-state index contributed by atoms with van der Waals surface area (Å²) in [6.45, 7) is 0.460. The zero-order chi connectivity index (χ0) is 11.5. The maximum Gasteiger partial charge on any atom is 0.259 e. The molecular weight excluding hydrogens is 228 g/mol. The van der Waals surface area contributed by atoms with Crippen molar-refractivity contribution >= 4 is 17.5 Å². The van der Waals surface area contributed by atoms with Crippen LogP contribution in [0.1, 0.15) is 29.6 Å². The predicted octanol–water partition coefficient (Wildman–Crippen LogP) is 2.45. The molecule has 1 aliphatic rings. The second kappa shape index (κ2) is 4.58. The Kier molecular flexibility index (Phi) is 3.16. The van der Waals surface area contributed by atoms with E-state index in [-0.39, 0.29) is 17.2 Å². The van der Waals surface area contributed by atoms with E-state index in [1.54, 1.807) is 11.0 Å². The molecule has 1 fully saturated rings. The van der Waals surface area contributed by atoms with Gasteiger partial charge < -0.3 is 9.32 Å². The second-order valence-electron chi connectivity index (χ2n) is 3.75. The number of rotatable bonds is 4. The molecule has 1 saturated carbocycles. The second-order valence-corrected chi connectivity index (χ2v) is 4.09. The Morgan fingerprint density at radius 1 is 1.69 bits per heavy atom. The van der Waals surface area contributed by atoms with Gasteiger partial charge in [-0.15, -0.1) is 0 Å². The highest BCUT2D eigenvalue weighted by Crippen LogP contribution is 2.30. The van der Waals surface area contributed by atoms with E-state index in [1.807, 2.05) is 6.07 Å². The van der Waals surface area contributed by atoms with Gasteiger partial charge in [-0.25, -0.2) is 0 Å². The average molecular weight is 239 g/mol. The summed E-state index contributed by atoms with van der Waals surface area (Å²) in [7, 11) is 0. The summed E-state index contributed by atoms with van der Waals surface area (Å²) in [6.07, 6.45) is 3.75. The van der Waals surface area contributed by atoms with Crippen LogP contribution in [0.15, 0.2) is 16.7 Å². The van der Waals surface area contributed by atoms with E-state index >= 15 is 0 Å². The molecule has 1 aliphatic carbocycles. The van der Waals surface area contributed by atoms with Crippen molar-refractivity contribution in [2.24, 2.45) is 0 Å². The fourth-order valence-corrected chi connectivity index (χ4v) is 1.80. The van der Waals surface area contributed by atoms with E-state index in [9.17, 15) is 4.79 Å². The van der Waals surface area contributed by atoms with Gasteiger partial charge in [0.25, 0.3) is 5.91 Å². The van der Waals surface area contributed by atoms with Crippen molar-refractivity contribution in [1.29, 1.82) is 5.26 Å². The topological polar surface area (TPSA) is 57.2 Å². The van der Waals surface area contributed by atoms with E-state index in [0.717, 1.165) is 12.8 Å². The van der Waals surface area contributed by atoms with Gasteiger partial charge in [0.2, 0.25) is 5.22 Å². The van der Waals surface area contributed by atoms with Crippen LogP contribution in [0, 0.1) is 11.3 Å². The molecule has 1 heterocycles. The smallest absolute Gasteiger partial charge is 0.259 e. The number of nitriles is 1. The SMILES string of the molecule is N#CCCN(C(=O)c1ccoc1Cl)C1CC1. The molecule has 0 unspecified atom stereocenters. The van der Waals surface area contributed by atoms with Gasteiger partial charge >= 0.3 is 0 Å². The normalized spacial score (nSPS) is 14.5. The Hall–Kier alpha value is -1.47. The Morgan fingerprint density at radius 3 is 2.94 bits per heavy atom. The Balaban J connectivity index is 2.11. The number of hydrogen-bond acceptors (Lipinski definition) is 3. The van der Waals surface area contributed by atoms with Crippen LogP contribution in [0.2, 0.25) is 5.22 Å². The lowest BCUT2D eigenvalue weighted by atomic mass is 10.2. The minimum Gasteiger partial charge on any atom is -0.452 e. The highest BCUT2D eigenvalue weighted by Gasteiger charge is 2.33. The van der Waals surface area contributed by atoms with Crippen LogP contribution >= 0.6 is 11.6 Å². The predicted molar refractivity (Wildman–Crippen MR) is 58.0 cm³/mol. The quantitative estimate of drug-likeness (QED) is 0.810. The summed E-state index contributed by atoms with van der Waals surface area (Å²) in [5.41, 5.74) is 0.381. The van der Waals surface area contributed by atoms with Gasteiger partial charge in [0.05, 0.1) is 24.3 Å². The van der Waals surface area contributed by atoms with E-state index in [2.05, 4.69) is 0 Å². The lowest BCUT2D eigenvalue weighted by Gasteiger charge is -2.20. The number of hydrogen-bond donors (Lipinski definition) is 0. The lowest BCUT2D eigenvalue weighted by Crippen LogP contribution is -2.33. The zero-order valence-electron chi connectivity index (χ0n) is 8.65. The molecule has 1 aromatic rings. The molecular formula is C11H11ClN2O2. The minimum absolute atomic E-state index is 0.118. The van der Waals surface area contributed by atoms with Crippen molar-refractivity contribution in [1.82, 2.24) is 4.90 Å². The van der Waals surface area contributed by atoms with Crippen molar-refractivity contribution < 1.29 is 9.21 Å². The lowest BCUT2D eigenvalue weighted by molar-refractivity contribution is 0.0746. The number of furan rings is 1. The summed E-state index contributed by atoms with van der Waals surface area (Å²) in [4.78, 5) is 13.8. The zero-order valence-corrected chi connectivity index (χ0v) is 9.41. The summed E-state index contributed by atoms with van der Waals surface area (Å²) in [5, 5.41) is 8.67. The van der Waals surface area contributed by atoms with Crippen molar-refractivity contribution in [3.05, 3.63) is 23.1 Å². The van der Waals surface area contributed by atoms with Gasteiger partial charge in [-0.1, -0.05) is 0 Å². The Bertz CT molecular complexity index is 431. The van der Waals surface area contributed by atoms with Crippen molar-refractivity contribution in [2.45, 2.75) is 25.3 Å². The van der Waals surface area contributed by atoms with Crippen molar-refractivity contribution in [2.75, 3.05) is 6.54 Å². The van der Waals surface area contributed by atoms with E-state index in [4.69, 9.17) is 21.3 Å². The Morgan fingerprint density at radius 2 is 2.44 bits per heavy atom. The molecule has 4 nitrogen and oxygen atoms in total. The highest BCUT2D eigenvalue weighted by atomic mass is 35.5. The number of amides is 1. The third-order valence-electron chi connectivity index (χ3n) is 2.56. The molecule has 0 bridgehead atoms. The van der Waals surface area contributed by atoms with Crippen LogP contribution in [-0.2, 0) is 0 Å². The first kappa shape index (κ1) is 11.0. The first-order chi connectivity index (χ1) is 7.74. The number of carbonyl (C=O) groups excluding carboxylic acids is 1. The van der Waals surface area contributed by atoms with Gasteiger partial charge in [-0.3, -0.25) is 4.79 Å². The monoisotopic (exact) mass is 238 g/mol. The maximum absolute atomic E-state index is 12.1. The molecule has 1 amide bonds. The van der Waals surface area contributed by atoms with Crippen LogP contribution in [0.25, 0.3) is 0 Å². The minimum atomic E-state index is -0.142. The van der Waals surface area contributed by atoms with E-state index in [0.29, 0.717) is 18.5 Å². The highest BCUT2D eigenvalue weighted by molar-refractivity contribution is 6.32. The summed E-state index contributed by atoms with van der Waals surface area (Å²) in [5.74, 6) is -0.142. The van der Waals surface area contributed by atoms with Crippen LogP contribution in [0.3, 0.4) is 0 Å². The van der Waals surface area contributed by atoms with Crippen molar-refractivity contribution in [3.63, 3.8) is 0 Å². The largest absolute Gasteiger partial charge is 0.452 e. The summed E-state index contributed by atoms with van der Waals surface area (Å²) in [6, 6.07) is 3.88. The molecule has 16 heavy (non-hydrogen) atoms. The summed E-state index contributed by atoms with van der Waals surface area (Å²) < 4.78 is 4.89. The molecule has 0 aromatic carbocycles. The maximum atomic E-state index is 12.1. The first-order valence-electron chi connectivity index (χ1n) is 5.15. The molecule has 2 rings (SSSR count). The van der Waals surface area contributed by atoms with Crippen LogP contribution in [0.4, 0.5) is 0 Å². The Labute approximate surface area is 98.4 Å².